The van der Waals surface area contributed by atoms with Crippen LogP contribution >= 0.6 is 0 Å². The number of nitrogens with zero attached hydrogens (tertiary/aromatic N) is 3. The van der Waals surface area contributed by atoms with Crippen LogP contribution in [0.5, 0.6) is 0 Å². The zero-order valence-electron chi connectivity index (χ0n) is 27.7. The fourth-order valence-electron chi connectivity index (χ4n) is 8.48. The molecule has 3 heteroatoms. The Bertz CT molecular complexity index is 3040. The lowest BCUT2D eigenvalue weighted by molar-refractivity contribution is 1.15. The number of para-hydroxylation sites is 6. The van der Waals surface area contributed by atoms with Crippen LogP contribution in [-0.4, -0.2) is 13.7 Å². The zero-order valence-corrected chi connectivity index (χ0v) is 27.7. The Morgan fingerprint density at radius 3 is 1.22 bits per heavy atom. The van der Waals surface area contributed by atoms with E-state index in [4.69, 9.17) is 0 Å². The normalized spacial score (nSPS) is 11.9. The molecule has 0 saturated carbocycles. The molecule has 0 aliphatic heterocycles. The first kappa shape index (κ1) is 28.0. The lowest BCUT2D eigenvalue weighted by Crippen LogP contribution is -1.99. The Balaban J connectivity index is 1.15. The minimum Gasteiger partial charge on any atom is -0.309 e. The molecule has 0 aliphatic carbocycles. The predicted molar refractivity (Wildman–Crippen MR) is 215 cm³/mol. The smallest absolute Gasteiger partial charge is 0.0561 e. The van der Waals surface area contributed by atoms with Gasteiger partial charge in [0.2, 0.25) is 0 Å². The van der Waals surface area contributed by atoms with Crippen LogP contribution in [0, 0.1) is 0 Å². The molecule has 3 aromatic heterocycles. The average molecular weight is 650 g/mol. The second-order valence-electron chi connectivity index (χ2n) is 13.4. The minimum atomic E-state index is 1.13. The molecule has 0 aliphatic rings. The van der Waals surface area contributed by atoms with E-state index in [2.05, 4.69) is 202 Å². The highest BCUT2D eigenvalue weighted by Crippen LogP contribution is 2.39. The number of fused-ring (bicyclic) bond motifs is 9. The molecular weight excluding hydrogens is 619 g/mol. The van der Waals surface area contributed by atoms with Gasteiger partial charge in [0.1, 0.15) is 0 Å². The Kier molecular flexibility index (Phi) is 5.96. The minimum absolute atomic E-state index is 1.13. The molecular formula is C48H31N3. The Hall–Kier alpha value is -6.84. The van der Waals surface area contributed by atoms with Crippen molar-refractivity contribution in [3.05, 3.63) is 188 Å². The van der Waals surface area contributed by atoms with Gasteiger partial charge in [0.05, 0.1) is 38.8 Å². The second kappa shape index (κ2) is 10.8. The van der Waals surface area contributed by atoms with Crippen LogP contribution in [0.4, 0.5) is 0 Å². The molecule has 8 aromatic carbocycles. The van der Waals surface area contributed by atoms with E-state index < -0.39 is 0 Å². The van der Waals surface area contributed by atoms with Crippen molar-refractivity contribution in [1.82, 2.24) is 13.7 Å². The van der Waals surface area contributed by atoms with Gasteiger partial charge >= 0.3 is 0 Å². The molecule has 11 rings (SSSR count). The molecule has 11 aromatic rings. The summed E-state index contributed by atoms with van der Waals surface area (Å²) < 4.78 is 7.27. The van der Waals surface area contributed by atoms with Gasteiger partial charge in [-0.05, 0) is 66.2 Å². The Morgan fingerprint density at radius 2 is 0.667 bits per heavy atom. The summed E-state index contributed by atoms with van der Waals surface area (Å²) >= 11 is 0. The van der Waals surface area contributed by atoms with Gasteiger partial charge < -0.3 is 13.7 Å². The van der Waals surface area contributed by atoms with Crippen LogP contribution in [0.1, 0.15) is 0 Å². The molecule has 0 atom stereocenters. The molecule has 0 N–H and O–H groups in total. The monoisotopic (exact) mass is 649 g/mol. The fraction of sp³-hybridized carbons (Fsp3) is 0. The van der Waals surface area contributed by atoms with Crippen molar-refractivity contribution in [3.63, 3.8) is 0 Å². The van der Waals surface area contributed by atoms with Gasteiger partial charge in [-0.2, -0.15) is 0 Å². The number of aromatic nitrogens is 3. The molecule has 0 saturated heterocycles. The largest absolute Gasteiger partial charge is 0.309 e. The van der Waals surface area contributed by atoms with Gasteiger partial charge in [-0.25, -0.2) is 0 Å². The van der Waals surface area contributed by atoms with Crippen LogP contribution < -0.4 is 0 Å². The van der Waals surface area contributed by atoms with Gasteiger partial charge in [-0.15, -0.1) is 0 Å². The molecule has 3 nitrogen and oxygen atoms in total. The van der Waals surface area contributed by atoms with Crippen molar-refractivity contribution in [1.29, 1.82) is 0 Å². The Labute approximate surface area is 294 Å². The van der Waals surface area contributed by atoms with Crippen molar-refractivity contribution in [2.45, 2.75) is 0 Å². The summed E-state index contributed by atoms with van der Waals surface area (Å²) in [6.45, 7) is 0. The second-order valence-corrected chi connectivity index (χ2v) is 13.4. The maximum absolute atomic E-state index is 2.44. The van der Waals surface area contributed by atoms with Gasteiger partial charge in [-0.1, -0.05) is 127 Å². The molecule has 0 unspecified atom stereocenters. The third-order valence-corrected chi connectivity index (χ3v) is 10.6. The van der Waals surface area contributed by atoms with Crippen molar-refractivity contribution >= 4 is 65.4 Å². The summed E-state index contributed by atoms with van der Waals surface area (Å²) in [7, 11) is 0. The summed E-state index contributed by atoms with van der Waals surface area (Å²) in [5.74, 6) is 0. The summed E-state index contributed by atoms with van der Waals surface area (Å²) in [5.41, 5.74) is 13.0. The van der Waals surface area contributed by atoms with Gasteiger partial charge in [0.25, 0.3) is 0 Å². The van der Waals surface area contributed by atoms with Gasteiger partial charge in [-0.3, -0.25) is 0 Å². The van der Waals surface area contributed by atoms with Crippen molar-refractivity contribution < 1.29 is 0 Å². The maximum Gasteiger partial charge on any atom is 0.0561 e. The third-order valence-electron chi connectivity index (χ3n) is 10.6. The van der Waals surface area contributed by atoms with E-state index >= 15 is 0 Å². The van der Waals surface area contributed by atoms with Crippen LogP contribution in [0.25, 0.3) is 93.6 Å². The highest BCUT2D eigenvalue weighted by atomic mass is 15.0. The predicted octanol–water partition coefficient (Wildman–Crippen LogP) is 12.6. The van der Waals surface area contributed by atoms with E-state index in [0.29, 0.717) is 0 Å². The molecule has 3 heterocycles. The molecule has 0 spiro atoms. The number of hydrogen-bond donors (Lipinski definition) is 0. The van der Waals surface area contributed by atoms with E-state index in [1.165, 1.54) is 82.2 Å². The van der Waals surface area contributed by atoms with E-state index in [1.54, 1.807) is 0 Å². The molecule has 0 fully saturated rings. The van der Waals surface area contributed by atoms with Gasteiger partial charge in [0.15, 0.2) is 0 Å². The van der Waals surface area contributed by atoms with Crippen LogP contribution in [0.15, 0.2) is 188 Å². The van der Waals surface area contributed by atoms with Crippen molar-refractivity contribution in [2.75, 3.05) is 0 Å². The summed E-state index contributed by atoms with van der Waals surface area (Å²) in [4.78, 5) is 0. The van der Waals surface area contributed by atoms with Crippen molar-refractivity contribution in [3.8, 4) is 28.2 Å². The average Bonchev–Trinajstić information content (AvgIpc) is 3.83. The first-order valence-electron chi connectivity index (χ1n) is 17.5. The highest BCUT2D eigenvalue weighted by molar-refractivity contribution is 6.12. The molecule has 0 radical (unpaired) electrons. The standard InChI is InChI=1S/C48H31N3/c1-7-22-42(51-46-26-11-5-19-38(46)39-20-6-12-27-47(39)51)35(16-1)32-14-13-15-33(30-32)50-45-25-10-4-21-40(45)41-29-28-34(31-48(41)50)49-43-23-8-2-17-36(43)37-18-3-9-24-44(37)49/h1-31H. The van der Waals surface area contributed by atoms with E-state index in [-0.39, 0.29) is 0 Å². The van der Waals surface area contributed by atoms with Crippen molar-refractivity contribution in [2.24, 2.45) is 0 Å². The summed E-state index contributed by atoms with van der Waals surface area (Å²) in [6, 6.07) is 68.5. The SMILES string of the molecule is c1cc(-c2ccccc2-n2c3ccccc3c3ccccc32)cc(-n2c3ccccc3c3ccc(-n4c5ccccc5c5ccccc54)cc32)c1. The van der Waals surface area contributed by atoms with Crippen LogP contribution in [0.3, 0.4) is 0 Å². The highest BCUT2D eigenvalue weighted by Gasteiger charge is 2.18. The molecule has 0 amide bonds. The first-order chi connectivity index (χ1) is 25.3. The molecule has 238 valence electrons. The summed E-state index contributed by atoms with van der Waals surface area (Å²) in [5, 5.41) is 7.55. The van der Waals surface area contributed by atoms with E-state index in [0.717, 1.165) is 11.4 Å². The quantitative estimate of drug-likeness (QED) is 0.180. The number of hydrogen-bond acceptors (Lipinski definition) is 0. The molecule has 51 heavy (non-hydrogen) atoms. The lowest BCUT2D eigenvalue weighted by Gasteiger charge is -2.16. The van der Waals surface area contributed by atoms with E-state index in [1.807, 2.05) is 0 Å². The fourth-order valence-corrected chi connectivity index (χ4v) is 8.48. The van der Waals surface area contributed by atoms with Crippen LogP contribution in [0.2, 0.25) is 0 Å². The third kappa shape index (κ3) is 4.06. The van der Waals surface area contributed by atoms with Crippen LogP contribution in [-0.2, 0) is 0 Å². The van der Waals surface area contributed by atoms with Gasteiger partial charge in [0, 0.05) is 49.3 Å². The maximum atomic E-state index is 2.44. The number of benzene rings is 8. The molecule has 0 bridgehead atoms. The first-order valence-corrected chi connectivity index (χ1v) is 17.5. The zero-order chi connectivity index (χ0) is 33.5. The number of rotatable bonds is 4. The Morgan fingerprint density at radius 1 is 0.255 bits per heavy atom. The van der Waals surface area contributed by atoms with E-state index in [9.17, 15) is 0 Å². The lowest BCUT2D eigenvalue weighted by atomic mass is 10.0. The summed E-state index contributed by atoms with van der Waals surface area (Å²) in [6.07, 6.45) is 0. The topological polar surface area (TPSA) is 14.8 Å².